The summed E-state index contributed by atoms with van der Waals surface area (Å²) in [6.45, 7) is 3.63. The normalized spacial score (nSPS) is 15.6. The average molecular weight is 382 g/mol. The van der Waals surface area contributed by atoms with Crippen LogP contribution in [0.2, 0.25) is 0 Å². The third kappa shape index (κ3) is 5.87. The minimum Gasteiger partial charge on any atom is -0.379 e. The molecule has 2 aromatic rings. The lowest BCUT2D eigenvalue weighted by atomic mass is 10.1. The summed E-state index contributed by atoms with van der Waals surface area (Å²) in [5, 5.41) is 5.44. The second-order valence-electron chi connectivity index (χ2n) is 6.65. The number of nitrogens with one attached hydrogen (secondary N) is 2. The molecular formula is C21H26N4O3. The van der Waals surface area contributed by atoms with E-state index in [0.29, 0.717) is 32.7 Å². The number of ether oxygens (including phenoxy) is 1. The summed E-state index contributed by atoms with van der Waals surface area (Å²) in [4.78, 5) is 30.7. The van der Waals surface area contributed by atoms with Crippen molar-refractivity contribution in [1.82, 2.24) is 20.5 Å². The first kappa shape index (κ1) is 20.0. The van der Waals surface area contributed by atoms with Gasteiger partial charge in [-0.15, -0.1) is 0 Å². The van der Waals surface area contributed by atoms with Gasteiger partial charge in [0, 0.05) is 38.6 Å². The van der Waals surface area contributed by atoms with Crippen LogP contribution in [0, 0.1) is 0 Å². The van der Waals surface area contributed by atoms with Crippen LogP contribution in [0.5, 0.6) is 0 Å². The fourth-order valence-corrected chi connectivity index (χ4v) is 3.23. The van der Waals surface area contributed by atoms with E-state index in [1.807, 2.05) is 42.5 Å². The van der Waals surface area contributed by atoms with Crippen molar-refractivity contribution in [1.29, 1.82) is 0 Å². The highest BCUT2D eigenvalue weighted by Crippen LogP contribution is 2.20. The molecule has 7 nitrogen and oxygen atoms in total. The van der Waals surface area contributed by atoms with Crippen LogP contribution in [-0.4, -0.2) is 61.1 Å². The molecule has 1 fully saturated rings. The van der Waals surface area contributed by atoms with Crippen LogP contribution in [-0.2, 0) is 20.7 Å². The number of hydrogen-bond acceptors (Lipinski definition) is 5. The van der Waals surface area contributed by atoms with Gasteiger partial charge in [-0.1, -0.05) is 36.4 Å². The second-order valence-corrected chi connectivity index (χ2v) is 6.65. The molecule has 1 aromatic carbocycles. The summed E-state index contributed by atoms with van der Waals surface area (Å²) in [6.07, 6.45) is 4.21. The minimum atomic E-state index is -0.616. The number of benzene rings is 1. The molecule has 0 radical (unpaired) electrons. The topological polar surface area (TPSA) is 83.6 Å². The van der Waals surface area contributed by atoms with E-state index in [1.165, 1.54) is 0 Å². The Labute approximate surface area is 165 Å². The van der Waals surface area contributed by atoms with Crippen molar-refractivity contribution in [3.8, 4) is 0 Å². The first-order chi connectivity index (χ1) is 13.7. The van der Waals surface area contributed by atoms with Gasteiger partial charge in [-0.3, -0.25) is 19.5 Å². The molecule has 148 valence electrons. The van der Waals surface area contributed by atoms with Gasteiger partial charge in [-0.2, -0.15) is 0 Å². The number of rotatable bonds is 7. The van der Waals surface area contributed by atoms with E-state index in [-0.39, 0.29) is 6.04 Å². The Hall–Kier alpha value is -2.77. The maximum atomic E-state index is 12.2. The standard InChI is InChI=1S/C21H26N4O3/c26-20(23-10-8-17-5-2-1-3-6-17)21(27)24-16-19(18-7-4-9-22-15-18)25-11-13-28-14-12-25/h1-7,9,15,19H,8,10-14,16H2,(H,23,26)(H,24,27). The van der Waals surface area contributed by atoms with E-state index in [2.05, 4.69) is 20.5 Å². The van der Waals surface area contributed by atoms with Gasteiger partial charge in [0.15, 0.2) is 0 Å². The zero-order valence-corrected chi connectivity index (χ0v) is 15.8. The molecular weight excluding hydrogens is 356 g/mol. The Morgan fingerprint density at radius 3 is 2.50 bits per heavy atom. The number of carbonyl (C=O) groups is 2. The number of pyridine rings is 1. The van der Waals surface area contributed by atoms with Crippen molar-refractivity contribution in [2.45, 2.75) is 12.5 Å². The summed E-state index contributed by atoms with van der Waals surface area (Å²) in [6, 6.07) is 13.7. The Kier molecular flexibility index (Phi) is 7.52. The molecule has 1 aromatic heterocycles. The molecule has 28 heavy (non-hydrogen) atoms. The maximum Gasteiger partial charge on any atom is 0.309 e. The SMILES string of the molecule is O=C(NCCc1ccccc1)C(=O)NCC(c1cccnc1)N1CCOCC1. The van der Waals surface area contributed by atoms with Crippen molar-refractivity contribution >= 4 is 11.8 Å². The first-order valence-electron chi connectivity index (χ1n) is 9.55. The van der Waals surface area contributed by atoms with E-state index < -0.39 is 11.8 Å². The molecule has 1 atom stereocenters. The fourth-order valence-electron chi connectivity index (χ4n) is 3.23. The molecule has 2 amide bonds. The van der Waals surface area contributed by atoms with Crippen molar-refractivity contribution < 1.29 is 14.3 Å². The fraction of sp³-hybridized carbons (Fsp3) is 0.381. The summed E-state index contributed by atoms with van der Waals surface area (Å²) in [5.74, 6) is -1.22. The van der Waals surface area contributed by atoms with Gasteiger partial charge in [0.05, 0.1) is 19.3 Å². The maximum absolute atomic E-state index is 12.2. The van der Waals surface area contributed by atoms with E-state index in [9.17, 15) is 9.59 Å². The Bertz CT molecular complexity index is 749. The zero-order valence-electron chi connectivity index (χ0n) is 15.8. The van der Waals surface area contributed by atoms with Gasteiger partial charge >= 0.3 is 11.8 Å². The van der Waals surface area contributed by atoms with Crippen LogP contribution in [0.15, 0.2) is 54.9 Å². The molecule has 0 aliphatic carbocycles. The van der Waals surface area contributed by atoms with Crippen LogP contribution in [0.25, 0.3) is 0 Å². The molecule has 1 aliphatic heterocycles. The summed E-state index contributed by atoms with van der Waals surface area (Å²) >= 11 is 0. The third-order valence-corrected chi connectivity index (χ3v) is 4.76. The van der Waals surface area contributed by atoms with Gasteiger partial charge in [-0.25, -0.2) is 0 Å². The van der Waals surface area contributed by atoms with Gasteiger partial charge in [-0.05, 0) is 23.6 Å². The predicted octanol–water partition coefficient (Wildman–Crippen LogP) is 0.930. The van der Waals surface area contributed by atoms with Gasteiger partial charge < -0.3 is 15.4 Å². The largest absolute Gasteiger partial charge is 0.379 e. The lowest BCUT2D eigenvalue weighted by Crippen LogP contribution is -2.47. The van der Waals surface area contributed by atoms with Crippen LogP contribution in [0.1, 0.15) is 17.2 Å². The Morgan fingerprint density at radius 2 is 1.79 bits per heavy atom. The molecule has 1 unspecified atom stereocenters. The molecule has 2 heterocycles. The number of aromatic nitrogens is 1. The monoisotopic (exact) mass is 382 g/mol. The Morgan fingerprint density at radius 1 is 1.04 bits per heavy atom. The Balaban J connectivity index is 1.50. The molecule has 2 N–H and O–H groups in total. The van der Waals surface area contributed by atoms with E-state index >= 15 is 0 Å². The molecule has 3 rings (SSSR count). The minimum absolute atomic E-state index is 0.0429. The van der Waals surface area contributed by atoms with Gasteiger partial charge in [0.2, 0.25) is 0 Å². The number of amides is 2. The molecule has 7 heteroatoms. The smallest absolute Gasteiger partial charge is 0.309 e. The molecule has 0 bridgehead atoms. The number of carbonyl (C=O) groups excluding carboxylic acids is 2. The highest BCUT2D eigenvalue weighted by Gasteiger charge is 2.24. The highest BCUT2D eigenvalue weighted by atomic mass is 16.5. The van der Waals surface area contributed by atoms with Crippen molar-refractivity contribution in [3.05, 3.63) is 66.0 Å². The van der Waals surface area contributed by atoms with Crippen molar-refractivity contribution in [2.75, 3.05) is 39.4 Å². The van der Waals surface area contributed by atoms with Crippen LogP contribution < -0.4 is 10.6 Å². The molecule has 0 spiro atoms. The van der Waals surface area contributed by atoms with E-state index in [1.54, 1.807) is 12.4 Å². The number of hydrogen-bond donors (Lipinski definition) is 2. The first-order valence-corrected chi connectivity index (χ1v) is 9.55. The van der Waals surface area contributed by atoms with E-state index in [0.717, 1.165) is 24.2 Å². The summed E-state index contributed by atoms with van der Waals surface area (Å²) < 4.78 is 5.42. The van der Waals surface area contributed by atoms with Crippen LogP contribution in [0.4, 0.5) is 0 Å². The van der Waals surface area contributed by atoms with Gasteiger partial charge in [0.1, 0.15) is 0 Å². The predicted molar refractivity (Wildman–Crippen MR) is 106 cm³/mol. The summed E-state index contributed by atoms with van der Waals surface area (Å²) in [5.41, 5.74) is 2.13. The van der Waals surface area contributed by atoms with Crippen molar-refractivity contribution in [2.24, 2.45) is 0 Å². The number of nitrogens with zero attached hydrogens (tertiary/aromatic N) is 2. The lowest BCUT2D eigenvalue weighted by Gasteiger charge is -2.34. The average Bonchev–Trinajstić information content (AvgIpc) is 2.76. The molecule has 1 saturated heterocycles. The summed E-state index contributed by atoms with van der Waals surface area (Å²) in [7, 11) is 0. The number of morpholine rings is 1. The van der Waals surface area contributed by atoms with Crippen molar-refractivity contribution in [3.63, 3.8) is 0 Å². The molecule has 0 saturated carbocycles. The zero-order chi connectivity index (χ0) is 19.6. The lowest BCUT2D eigenvalue weighted by molar-refractivity contribution is -0.139. The molecule has 1 aliphatic rings. The second kappa shape index (κ2) is 10.5. The van der Waals surface area contributed by atoms with Crippen LogP contribution >= 0.6 is 0 Å². The van der Waals surface area contributed by atoms with Crippen LogP contribution in [0.3, 0.4) is 0 Å². The highest BCUT2D eigenvalue weighted by molar-refractivity contribution is 6.35. The van der Waals surface area contributed by atoms with Gasteiger partial charge in [0.25, 0.3) is 0 Å². The third-order valence-electron chi connectivity index (χ3n) is 4.76. The quantitative estimate of drug-likeness (QED) is 0.696. The van der Waals surface area contributed by atoms with E-state index in [4.69, 9.17) is 4.74 Å².